The molecular weight excluding hydrogens is 372 g/mol. The monoisotopic (exact) mass is 394 g/mol. The summed E-state index contributed by atoms with van der Waals surface area (Å²) in [7, 11) is 4.02. The molecule has 3 rings (SSSR count). The molecule has 1 unspecified atom stereocenters. The van der Waals surface area contributed by atoms with Crippen molar-refractivity contribution in [2.24, 2.45) is 0 Å². The smallest absolute Gasteiger partial charge is 0.345 e. The molecule has 144 valence electrons. The third-order valence-corrected chi connectivity index (χ3v) is 5.59. The fourth-order valence-electron chi connectivity index (χ4n) is 2.84. The number of nitrogens with zero attached hydrogens (tertiary/aromatic N) is 1. The first-order chi connectivity index (χ1) is 13.3. The maximum atomic E-state index is 12.3. The Bertz CT molecular complexity index is 976. The zero-order chi connectivity index (χ0) is 20.3. The second-order valence-corrected chi connectivity index (χ2v) is 7.81. The van der Waals surface area contributed by atoms with Gasteiger partial charge in [-0.05, 0) is 47.9 Å². The van der Waals surface area contributed by atoms with Gasteiger partial charge in [-0.25, -0.2) is 4.79 Å². The molecule has 0 radical (unpaired) electrons. The number of carbonyl (C=O) groups excluding carboxylic acids is 1. The summed E-state index contributed by atoms with van der Waals surface area (Å²) in [5.74, 6) is -1.29. The topological polar surface area (TPSA) is 69.6 Å². The van der Waals surface area contributed by atoms with Crippen LogP contribution in [0.25, 0.3) is 11.1 Å². The Hall–Kier alpha value is -3.12. The van der Waals surface area contributed by atoms with Crippen LogP contribution in [-0.2, 0) is 0 Å². The average molecular weight is 394 g/mol. The molecule has 1 amide bonds. The van der Waals surface area contributed by atoms with E-state index in [9.17, 15) is 9.59 Å². The first-order valence-corrected chi connectivity index (χ1v) is 9.68. The van der Waals surface area contributed by atoms with E-state index in [4.69, 9.17) is 5.11 Å². The van der Waals surface area contributed by atoms with Gasteiger partial charge in [-0.3, -0.25) is 4.79 Å². The van der Waals surface area contributed by atoms with Gasteiger partial charge in [0.05, 0.1) is 10.9 Å². The molecule has 0 aliphatic rings. The Morgan fingerprint density at radius 3 is 1.93 bits per heavy atom. The van der Waals surface area contributed by atoms with Crippen molar-refractivity contribution < 1.29 is 14.7 Å². The molecule has 0 fully saturated rings. The van der Waals surface area contributed by atoms with Crippen molar-refractivity contribution in [1.29, 1.82) is 0 Å². The molecule has 0 bridgehead atoms. The average Bonchev–Trinajstić information content (AvgIpc) is 3.19. The molecule has 3 aromatic rings. The van der Waals surface area contributed by atoms with Crippen molar-refractivity contribution in [2.45, 2.75) is 13.0 Å². The van der Waals surface area contributed by atoms with Crippen LogP contribution in [0.3, 0.4) is 0 Å². The first kappa shape index (κ1) is 19.6. The second-order valence-electron chi connectivity index (χ2n) is 6.73. The highest BCUT2D eigenvalue weighted by atomic mass is 32.1. The lowest BCUT2D eigenvalue weighted by molar-refractivity contribution is 0.0702. The Morgan fingerprint density at radius 1 is 0.893 bits per heavy atom. The number of rotatable bonds is 6. The maximum Gasteiger partial charge on any atom is 0.345 e. The number of benzene rings is 2. The minimum absolute atomic E-state index is 0.155. The van der Waals surface area contributed by atoms with Crippen molar-refractivity contribution >= 4 is 28.9 Å². The van der Waals surface area contributed by atoms with Crippen LogP contribution in [0.5, 0.6) is 0 Å². The zero-order valence-corrected chi connectivity index (χ0v) is 16.8. The predicted molar refractivity (Wildman–Crippen MR) is 113 cm³/mol. The fourth-order valence-corrected chi connectivity index (χ4v) is 3.59. The van der Waals surface area contributed by atoms with Gasteiger partial charge in [-0.15, -0.1) is 11.3 Å². The van der Waals surface area contributed by atoms with Gasteiger partial charge in [0.2, 0.25) is 0 Å². The quantitative estimate of drug-likeness (QED) is 0.637. The Balaban J connectivity index is 1.68. The number of carbonyl (C=O) groups is 2. The van der Waals surface area contributed by atoms with E-state index in [1.54, 1.807) is 0 Å². The van der Waals surface area contributed by atoms with Crippen LogP contribution in [0.2, 0.25) is 0 Å². The van der Waals surface area contributed by atoms with E-state index >= 15 is 0 Å². The number of nitrogens with one attached hydrogen (secondary N) is 1. The summed E-state index contributed by atoms with van der Waals surface area (Å²) in [5, 5.41) is 11.9. The normalized spacial score (nSPS) is 11.7. The Kier molecular flexibility index (Phi) is 5.80. The van der Waals surface area contributed by atoms with Crippen molar-refractivity contribution in [3.8, 4) is 11.1 Å². The summed E-state index contributed by atoms with van der Waals surface area (Å²) in [5.41, 5.74) is 4.37. The molecule has 1 heterocycles. The third-order valence-electron chi connectivity index (χ3n) is 4.52. The summed E-state index contributed by atoms with van der Waals surface area (Å²) in [4.78, 5) is 25.9. The van der Waals surface area contributed by atoms with Crippen molar-refractivity contribution in [1.82, 2.24) is 5.32 Å². The molecule has 1 atom stereocenters. The summed E-state index contributed by atoms with van der Waals surface area (Å²) < 4.78 is 0. The largest absolute Gasteiger partial charge is 0.477 e. The van der Waals surface area contributed by atoms with Gasteiger partial charge in [0.15, 0.2) is 0 Å². The minimum atomic E-state index is -1.02. The Labute approximate surface area is 168 Å². The van der Waals surface area contributed by atoms with Crippen molar-refractivity contribution in [2.75, 3.05) is 19.0 Å². The second kappa shape index (κ2) is 8.27. The van der Waals surface area contributed by atoms with Crippen LogP contribution in [0.15, 0.2) is 60.7 Å². The highest BCUT2D eigenvalue weighted by Gasteiger charge is 2.15. The van der Waals surface area contributed by atoms with E-state index in [1.165, 1.54) is 12.1 Å². The van der Waals surface area contributed by atoms with Crippen LogP contribution in [0.4, 0.5) is 5.69 Å². The van der Waals surface area contributed by atoms with Gasteiger partial charge < -0.3 is 15.3 Å². The SMILES string of the molecule is CC(NC(=O)c1ccc(C(=O)O)s1)c1ccc(-c2ccc(N(C)C)cc2)cc1. The van der Waals surface area contributed by atoms with Crippen LogP contribution >= 0.6 is 11.3 Å². The maximum absolute atomic E-state index is 12.3. The minimum Gasteiger partial charge on any atom is -0.477 e. The number of amides is 1. The van der Waals surface area contributed by atoms with E-state index in [0.717, 1.165) is 33.7 Å². The van der Waals surface area contributed by atoms with E-state index in [2.05, 4.69) is 34.5 Å². The molecule has 2 N–H and O–H groups in total. The zero-order valence-electron chi connectivity index (χ0n) is 16.0. The number of aromatic carboxylic acids is 1. The van der Waals surface area contributed by atoms with Crippen LogP contribution < -0.4 is 10.2 Å². The molecule has 0 spiro atoms. The van der Waals surface area contributed by atoms with Gasteiger partial charge in [-0.1, -0.05) is 36.4 Å². The Morgan fingerprint density at radius 2 is 1.43 bits per heavy atom. The fraction of sp³-hybridized carbons (Fsp3) is 0.182. The van der Waals surface area contributed by atoms with E-state index in [-0.39, 0.29) is 16.8 Å². The summed E-state index contributed by atoms with van der Waals surface area (Å²) in [6.45, 7) is 1.91. The van der Waals surface area contributed by atoms with Gasteiger partial charge in [0, 0.05) is 19.8 Å². The standard InChI is InChI=1S/C22H22N2O3S/c1-14(23-21(25)19-12-13-20(28-19)22(26)27)15-4-6-16(7-5-15)17-8-10-18(11-9-17)24(2)3/h4-14H,1-3H3,(H,23,25)(H,26,27). The third kappa shape index (κ3) is 4.40. The summed E-state index contributed by atoms with van der Waals surface area (Å²) in [6.07, 6.45) is 0. The lowest BCUT2D eigenvalue weighted by Gasteiger charge is -2.15. The molecule has 0 aliphatic heterocycles. The molecule has 1 aromatic heterocycles. The molecule has 6 heteroatoms. The summed E-state index contributed by atoms with van der Waals surface area (Å²) in [6, 6.07) is 19.2. The highest BCUT2D eigenvalue weighted by Crippen LogP contribution is 2.25. The van der Waals surface area contributed by atoms with Crippen molar-refractivity contribution in [3.05, 3.63) is 76.0 Å². The highest BCUT2D eigenvalue weighted by molar-refractivity contribution is 7.15. The molecule has 0 saturated heterocycles. The molecular formula is C22H22N2O3S. The van der Waals surface area contributed by atoms with Gasteiger partial charge in [0.25, 0.3) is 5.91 Å². The van der Waals surface area contributed by atoms with E-state index < -0.39 is 5.97 Å². The molecule has 5 nitrogen and oxygen atoms in total. The predicted octanol–water partition coefficient (Wildman–Crippen LogP) is 4.67. The van der Waals surface area contributed by atoms with Crippen molar-refractivity contribution in [3.63, 3.8) is 0 Å². The number of anilines is 1. The molecule has 28 heavy (non-hydrogen) atoms. The molecule has 0 aliphatic carbocycles. The molecule has 2 aromatic carbocycles. The lowest BCUT2D eigenvalue weighted by Crippen LogP contribution is -2.25. The van der Waals surface area contributed by atoms with Gasteiger partial charge in [-0.2, -0.15) is 0 Å². The number of carboxylic acid groups (broad SMARTS) is 1. The van der Waals surface area contributed by atoms with Gasteiger partial charge >= 0.3 is 5.97 Å². The first-order valence-electron chi connectivity index (χ1n) is 8.87. The summed E-state index contributed by atoms with van der Waals surface area (Å²) >= 11 is 0.974. The van der Waals surface area contributed by atoms with E-state index in [0.29, 0.717) is 4.88 Å². The van der Waals surface area contributed by atoms with Crippen LogP contribution in [0, 0.1) is 0 Å². The van der Waals surface area contributed by atoms with Gasteiger partial charge in [0.1, 0.15) is 4.88 Å². The van der Waals surface area contributed by atoms with Crippen LogP contribution in [-0.4, -0.2) is 31.1 Å². The number of hydrogen-bond donors (Lipinski definition) is 2. The number of carboxylic acids is 1. The molecule has 0 saturated carbocycles. The number of hydrogen-bond acceptors (Lipinski definition) is 4. The van der Waals surface area contributed by atoms with Crippen LogP contribution in [0.1, 0.15) is 37.9 Å². The lowest BCUT2D eigenvalue weighted by atomic mass is 10.0. The van der Waals surface area contributed by atoms with E-state index in [1.807, 2.05) is 45.3 Å². The number of thiophene rings is 1.